The van der Waals surface area contributed by atoms with Crippen molar-refractivity contribution in [3.8, 4) is 0 Å². The Hall–Kier alpha value is -0.0531. The van der Waals surface area contributed by atoms with Crippen molar-refractivity contribution in [2.24, 2.45) is 0 Å². The molecule has 0 nitrogen and oxygen atoms in total. The van der Waals surface area contributed by atoms with Gasteiger partial charge in [0.05, 0.1) is 0 Å². The molecule has 0 atom stereocenters. The van der Waals surface area contributed by atoms with Crippen molar-refractivity contribution in [1.82, 2.24) is 0 Å². The Kier molecular flexibility index (Phi) is 5.13. The van der Waals surface area contributed by atoms with Crippen LogP contribution in [0.1, 0.15) is 6.42 Å². The largest absolute Gasteiger partial charge is 0.377 e. The molecule has 0 unspecified atom stereocenters. The first-order valence-electron chi connectivity index (χ1n) is 4.76. The van der Waals surface area contributed by atoms with E-state index in [1.165, 1.54) is 13.1 Å². The summed E-state index contributed by atoms with van der Waals surface area (Å²) in [6.07, 6.45) is -6.54. The smallest absolute Gasteiger partial charge is 0.203 e. The van der Waals surface area contributed by atoms with Crippen LogP contribution in [-0.2, 0) is 0 Å². The van der Waals surface area contributed by atoms with Gasteiger partial charge in [-0.2, -0.15) is 37.4 Å². The molecule has 0 saturated heterocycles. The standard InChI is InChI=1S/C8H11ClF8Si/c1-18(2,9)4-3-6(12,13)8(16,17)7(14,15)5(10)11/h5H,3-4H2,1-2H3. The van der Waals surface area contributed by atoms with E-state index >= 15 is 0 Å². The molecule has 0 N–H and O–H groups in total. The molecule has 0 rings (SSSR count). The average Bonchev–Trinajstić information content (AvgIpc) is 2.13. The minimum Gasteiger partial charge on any atom is -0.203 e. The summed E-state index contributed by atoms with van der Waals surface area (Å²) in [5.41, 5.74) is 0. The molecular weight excluding hydrogens is 312 g/mol. The normalized spacial score (nSPS) is 15.3. The molecule has 0 aliphatic carbocycles. The first-order valence-corrected chi connectivity index (χ1v) is 8.97. The van der Waals surface area contributed by atoms with E-state index in [9.17, 15) is 35.1 Å². The summed E-state index contributed by atoms with van der Waals surface area (Å²) >= 11 is 5.59. The Morgan fingerprint density at radius 1 is 1.00 bits per heavy atom. The quantitative estimate of drug-likeness (QED) is 0.367. The van der Waals surface area contributed by atoms with Crippen LogP contribution < -0.4 is 0 Å². The van der Waals surface area contributed by atoms with Crippen LogP contribution in [0, 0.1) is 0 Å². The van der Waals surface area contributed by atoms with Crippen molar-refractivity contribution in [1.29, 1.82) is 0 Å². The Balaban J connectivity index is 5.08. The summed E-state index contributed by atoms with van der Waals surface area (Å²) in [5.74, 6) is -17.5. The minimum absolute atomic E-state index is 0.601. The lowest BCUT2D eigenvalue weighted by Gasteiger charge is -2.33. The first kappa shape index (κ1) is 17.9. The molecule has 0 fully saturated rings. The van der Waals surface area contributed by atoms with E-state index in [0.717, 1.165) is 0 Å². The molecule has 0 radical (unpaired) electrons. The van der Waals surface area contributed by atoms with E-state index in [0.29, 0.717) is 0 Å². The summed E-state index contributed by atoms with van der Waals surface area (Å²) in [6.45, 7) is 2.68. The van der Waals surface area contributed by atoms with E-state index < -0.39 is 44.0 Å². The molecule has 0 saturated carbocycles. The minimum atomic E-state index is -6.12. The highest BCUT2D eigenvalue weighted by Crippen LogP contribution is 2.50. The van der Waals surface area contributed by atoms with Crippen molar-refractivity contribution >= 4 is 18.5 Å². The Bertz CT molecular complexity index is 285. The molecule has 18 heavy (non-hydrogen) atoms. The molecule has 0 aromatic carbocycles. The van der Waals surface area contributed by atoms with Gasteiger partial charge in [0, 0.05) is 6.42 Å². The molecule has 0 amide bonds. The van der Waals surface area contributed by atoms with Crippen LogP contribution in [0.3, 0.4) is 0 Å². The zero-order valence-electron chi connectivity index (χ0n) is 9.39. The zero-order valence-corrected chi connectivity index (χ0v) is 11.1. The second-order valence-corrected chi connectivity index (χ2v) is 11.4. The highest BCUT2D eigenvalue weighted by Gasteiger charge is 2.74. The van der Waals surface area contributed by atoms with E-state index in [1.807, 2.05) is 0 Å². The highest BCUT2D eigenvalue weighted by atomic mass is 35.6. The van der Waals surface area contributed by atoms with Gasteiger partial charge in [0.1, 0.15) is 0 Å². The third kappa shape index (κ3) is 3.72. The second kappa shape index (κ2) is 5.14. The third-order valence-electron chi connectivity index (χ3n) is 2.19. The van der Waals surface area contributed by atoms with Gasteiger partial charge in [-0.1, -0.05) is 13.1 Å². The fourth-order valence-corrected chi connectivity index (χ4v) is 2.18. The van der Waals surface area contributed by atoms with Crippen molar-refractivity contribution < 1.29 is 35.1 Å². The van der Waals surface area contributed by atoms with Gasteiger partial charge in [-0.05, 0) is 6.04 Å². The number of halogens is 9. The van der Waals surface area contributed by atoms with E-state index in [-0.39, 0.29) is 0 Å². The van der Waals surface area contributed by atoms with E-state index in [1.54, 1.807) is 0 Å². The van der Waals surface area contributed by atoms with Gasteiger partial charge in [-0.3, -0.25) is 0 Å². The predicted molar refractivity (Wildman–Crippen MR) is 53.6 cm³/mol. The summed E-state index contributed by atoms with van der Waals surface area (Å²) in [4.78, 5) is 0. The number of hydrogen-bond donors (Lipinski definition) is 0. The molecule has 0 bridgehead atoms. The van der Waals surface area contributed by atoms with Gasteiger partial charge in [-0.25, -0.2) is 8.78 Å². The molecular formula is C8H11ClF8Si. The molecule has 0 aliphatic rings. The lowest BCUT2D eigenvalue weighted by molar-refractivity contribution is -0.338. The van der Waals surface area contributed by atoms with Gasteiger partial charge in [0.15, 0.2) is 7.38 Å². The van der Waals surface area contributed by atoms with Gasteiger partial charge < -0.3 is 0 Å². The average molecular weight is 323 g/mol. The third-order valence-corrected chi connectivity index (χ3v) is 4.19. The zero-order chi connectivity index (χ0) is 15.0. The molecule has 0 aromatic heterocycles. The maximum Gasteiger partial charge on any atom is 0.377 e. The van der Waals surface area contributed by atoms with Crippen LogP contribution in [0.5, 0.6) is 0 Å². The van der Waals surface area contributed by atoms with Crippen molar-refractivity contribution in [3.05, 3.63) is 0 Å². The summed E-state index contributed by atoms with van der Waals surface area (Å²) in [5, 5.41) is 0. The predicted octanol–water partition coefficient (Wildman–Crippen LogP) is 4.99. The Labute approximate surface area is 104 Å². The fraction of sp³-hybridized carbons (Fsp3) is 1.00. The molecule has 0 aliphatic heterocycles. The Morgan fingerprint density at radius 2 is 1.39 bits per heavy atom. The molecule has 0 spiro atoms. The summed E-state index contributed by atoms with van der Waals surface area (Å²) in [6, 6.07) is -0.601. The highest BCUT2D eigenvalue weighted by molar-refractivity contribution is 7.19. The van der Waals surface area contributed by atoms with Gasteiger partial charge in [-0.15, -0.1) is 0 Å². The fourth-order valence-electron chi connectivity index (χ4n) is 0.992. The van der Waals surface area contributed by atoms with Gasteiger partial charge in [0.2, 0.25) is 0 Å². The monoisotopic (exact) mass is 322 g/mol. The molecule has 10 heteroatoms. The summed E-state index contributed by atoms with van der Waals surface area (Å²) < 4.78 is 99.9. The topological polar surface area (TPSA) is 0 Å². The van der Waals surface area contributed by atoms with E-state index in [2.05, 4.69) is 0 Å². The van der Waals surface area contributed by atoms with Crippen LogP contribution in [0.4, 0.5) is 35.1 Å². The first-order chi connectivity index (χ1) is 7.65. The lowest BCUT2D eigenvalue weighted by atomic mass is 10.0. The number of alkyl halides is 8. The van der Waals surface area contributed by atoms with Crippen molar-refractivity contribution in [2.45, 2.75) is 49.8 Å². The van der Waals surface area contributed by atoms with Gasteiger partial charge in [0.25, 0.3) is 0 Å². The van der Waals surface area contributed by atoms with Crippen LogP contribution >= 0.6 is 11.1 Å². The lowest BCUT2D eigenvalue weighted by Crippen LogP contribution is -2.57. The second-order valence-electron chi connectivity index (χ2n) is 4.42. The summed E-state index contributed by atoms with van der Waals surface area (Å²) in [7, 11) is -2.71. The maximum atomic E-state index is 13.0. The number of rotatable bonds is 6. The maximum absolute atomic E-state index is 13.0. The van der Waals surface area contributed by atoms with E-state index in [4.69, 9.17) is 11.1 Å². The van der Waals surface area contributed by atoms with Crippen LogP contribution in [0.15, 0.2) is 0 Å². The van der Waals surface area contributed by atoms with Crippen molar-refractivity contribution in [3.63, 3.8) is 0 Å². The molecule has 0 aromatic rings. The number of hydrogen-bond acceptors (Lipinski definition) is 0. The molecule has 0 heterocycles. The van der Waals surface area contributed by atoms with Crippen LogP contribution in [-0.4, -0.2) is 31.6 Å². The molecule has 110 valence electrons. The van der Waals surface area contributed by atoms with Crippen molar-refractivity contribution in [2.75, 3.05) is 0 Å². The van der Waals surface area contributed by atoms with Gasteiger partial charge >= 0.3 is 24.2 Å². The SMILES string of the molecule is C[Si](C)(Cl)CCC(F)(F)C(F)(F)C(F)(F)C(F)F. The Morgan fingerprint density at radius 3 is 1.67 bits per heavy atom. The van der Waals surface area contributed by atoms with Crippen LogP contribution in [0.2, 0.25) is 19.1 Å². The van der Waals surface area contributed by atoms with Crippen LogP contribution in [0.25, 0.3) is 0 Å².